The molecule has 20 heavy (non-hydrogen) atoms. The topological polar surface area (TPSA) is 53.4 Å². The van der Waals surface area contributed by atoms with Crippen LogP contribution in [0.15, 0.2) is 18.5 Å². The molecular formula is C16H24N2O2. The molecule has 0 bridgehead atoms. The highest BCUT2D eigenvalue weighted by Gasteiger charge is 2.28. The summed E-state index contributed by atoms with van der Waals surface area (Å²) in [4.78, 5) is 18.5. The minimum absolute atomic E-state index is 0.0231. The van der Waals surface area contributed by atoms with Crippen molar-refractivity contribution >= 4 is 5.91 Å². The summed E-state index contributed by atoms with van der Waals surface area (Å²) < 4.78 is 0. The number of aromatic hydroxyl groups is 1. The van der Waals surface area contributed by atoms with Gasteiger partial charge in [0, 0.05) is 18.8 Å². The van der Waals surface area contributed by atoms with Crippen LogP contribution in [0.3, 0.4) is 0 Å². The molecule has 4 nitrogen and oxygen atoms in total. The summed E-state index contributed by atoms with van der Waals surface area (Å²) in [5, 5.41) is 9.84. The number of pyridine rings is 1. The molecule has 0 unspecified atom stereocenters. The van der Waals surface area contributed by atoms with E-state index in [4.69, 9.17) is 0 Å². The Morgan fingerprint density at radius 1 is 1.45 bits per heavy atom. The Kier molecular flexibility index (Phi) is 4.99. The fourth-order valence-corrected chi connectivity index (χ4v) is 2.78. The highest BCUT2D eigenvalue weighted by Crippen LogP contribution is 2.27. The van der Waals surface area contributed by atoms with Gasteiger partial charge >= 0.3 is 0 Å². The van der Waals surface area contributed by atoms with E-state index in [9.17, 15) is 9.90 Å². The quantitative estimate of drug-likeness (QED) is 0.898. The molecule has 0 aromatic carbocycles. The fraction of sp³-hybridized carbons (Fsp3) is 0.625. The van der Waals surface area contributed by atoms with Crippen LogP contribution >= 0.6 is 0 Å². The lowest BCUT2D eigenvalue weighted by molar-refractivity contribution is 0.0668. The van der Waals surface area contributed by atoms with Crippen molar-refractivity contribution in [3.8, 4) is 5.75 Å². The Bertz CT molecular complexity index is 454. The van der Waals surface area contributed by atoms with Gasteiger partial charge in [-0.1, -0.05) is 26.7 Å². The van der Waals surface area contributed by atoms with Gasteiger partial charge in [0.1, 0.15) is 5.75 Å². The Morgan fingerprint density at radius 2 is 2.15 bits per heavy atom. The van der Waals surface area contributed by atoms with Crippen molar-refractivity contribution in [2.75, 3.05) is 6.54 Å². The summed E-state index contributed by atoms with van der Waals surface area (Å²) in [6.45, 7) is 5.10. The minimum atomic E-state index is -0.0579. The number of hydrogen-bond acceptors (Lipinski definition) is 3. The van der Waals surface area contributed by atoms with Crippen molar-refractivity contribution in [2.24, 2.45) is 5.92 Å². The van der Waals surface area contributed by atoms with Crippen molar-refractivity contribution in [3.05, 3.63) is 24.0 Å². The first-order valence-electron chi connectivity index (χ1n) is 7.53. The molecule has 1 aliphatic carbocycles. The molecule has 1 fully saturated rings. The average Bonchev–Trinajstić information content (AvgIpc) is 2.93. The second-order valence-electron chi connectivity index (χ2n) is 6.01. The van der Waals surface area contributed by atoms with Crippen LogP contribution in [0.5, 0.6) is 5.75 Å². The maximum absolute atomic E-state index is 12.7. The molecule has 0 saturated heterocycles. The van der Waals surface area contributed by atoms with E-state index in [1.54, 1.807) is 12.3 Å². The van der Waals surface area contributed by atoms with Crippen LogP contribution < -0.4 is 0 Å². The van der Waals surface area contributed by atoms with Gasteiger partial charge < -0.3 is 10.0 Å². The molecule has 1 saturated carbocycles. The largest absolute Gasteiger partial charge is 0.505 e. The molecule has 0 spiro atoms. The molecular weight excluding hydrogens is 252 g/mol. The SMILES string of the molecule is CC(C)CCN(C(=O)c1ccncc1O)C1CCCC1. The van der Waals surface area contributed by atoms with E-state index in [2.05, 4.69) is 18.8 Å². The summed E-state index contributed by atoms with van der Waals surface area (Å²) in [7, 11) is 0. The normalized spacial score (nSPS) is 15.8. The number of carbonyl (C=O) groups is 1. The Labute approximate surface area is 120 Å². The molecule has 0 aliphatic heterocycles. The molecule has 0 atom stereocenters. The maximum Gasteiger partial charge on any atom is 0.257 e. The fourth-order valence-electron chi connectivity index (χ4n) is 2.78. The predicted molar refractivity (Wildman–Crippen MR) is 78.6 cm³/mol. The lowest BCUT2D eigenvalue weighted by atomic mass is 10.1. The second-order valence-corrected chi connectivity index (χ2v) is 6.01. The molecule has 1 N–H and O–H groups in total. The molecule has 1 heterocycles. The van der Waals surface area contributed by atoms with E-state index >= 15 is 0 Å². The van der Waals surface area contributed by atoms with Gasteiger partial charge in [-0.05, 0) is 31.2 Å². The van der Waals surface area contributed by atoms with Crippen molar-refractivity contribution in [1.82, 2.24) is 9.88 Å². The molecule has 1 aromatic heterocycles. The van der Waals surface area contributed by atoms with Crippen molar-refractivity contribution in [2.45, 2.75) is 52.0 Å². The van der Waals surface area contributed by atoms with Gasteiger partial charge in [-0.25, -0.2) is 0 Å². The monoisotopic (exact) mass is 276 g/mol. The average molecular weight is 276 g/mol. The van der Waals surface area contributed by atoms with Gasteiger partial charge in [0.2, 0.25) is 0 Å². The van der Waals surface area contributed by atoms with Gasteiger partial charge in [-0.2, -0.15) is 0 Å². The van der Waals surface area contributed by atoms with Gasteiger partial charge in [0.05, 0.1) is 11.8 Å². The summed E-state index contributed by atoms with van der Waals surface area (Å²) in [6.07, 6.45) is 8.43. The highest BCUT2D eigenvalue weighted by atomic mass is 16.3. The highest BCUT2D eigenvalue weighted by molar-refractivity contribution is 5.96. The minimum Gasteiger partial charge on any atom is -0.505 e. The zero-order valence-electron chi connectivity index (χ0n) is 12.4. The van der Waals surface area contributed by atoms with E-state index in [0.29, 0.717) is 17.5 Å². The molecule has 1 aliphatic rings. The lowest BCUT2D eigenvalue weighted by Crippen LogP contribution is -2.40. The third kappa shape index (κ3) is 3.50. The maximum atomic E-state index is 12.7. The Morgan fingerprint density at radius 3 is 2.75 bits per heavy atom. The van der Waals surface area contributed by atoms with E-state index in [-0.39, 0.29) is 11.7 Å². The number of rotatable bonds is 5. The van der Waals surface area contributed by atoms with Crippen LogP contribution in [0.4, 0.5) is 0 Å². The first-order chi connectivity index (χ1) is 9.59. The summed E-state index contributed by atoms with van der Waals surface area (Å²) in [5.41, 5.74) is 0.371. The molecule has 2 rings (SSSR count). The van der Waals surface area contributed by atoms with Crippen LogP contribution in [-0.2, 0) is 0 Å². The number of amides is 1. The zero-order valence-corrected chi connectivity index (χ0v) is 12.4. The Balaban J connectivity index is 2.16. The summed E-state index contributed by atoms with van der Waals surface area (Å²) in [5.74, 6) is 0.486. The molecule has 4 heteroatoms. The Hall–Kier alpha value is -1.58. The van der Waals surface area contributed by atoms with Gasteiger partial charge in [-0.15, -0.1) is 0 Å². The third-order valence-corrected chi connectivity index (χ3v) is 4.00. The predicted octanol–water partition coefficient (Wildman–Crippen LogP) is 3.22. The van der Waals surface area contributed by atoms with Crippen LogP contribution in [0.25, 0.3) is 0 Å². The molecule has 1 aromatic rings. The number of carbonyl (C=O) groups excluding carboxylic acids is 1. The lowest BCUT2D eigenvalue weighted by Gasteiger charge is -2.30. The standard InChI is InChI=1S/C16H24N2O2/c1-12(2)8-10-18(13-5-3-4-6-13)16(20)14-7-9-17-11-15(14)19/h7,9,11-13,19H,3-6,8,10H2,1-2H3. The number of aromatic nitrogens is 1. The summed E-state index contributed by atoms with van der Waals surface area (Å²) >= 11 is 0. The molecule has 1 amide bonds. The van der Waals surface area contributed by atoms with E-state index in [1.807, 2.05) is 4.90 Å². The first kappa shape index (κ1) is 14.8. The van der Waals surface area contributed by atoms with Crippen molar-refractivity contribution in [3.63, 3.8) is 0 Å². The number of nitrogens with zero attached hydrogens (tertiary/aromatic N) is 2. The van der Waals surface area contributed by atoms with E-state index in [1.165, 1.54) is 19.0 Å². The summed E-state index contributed by atoms with van der Waals surface area (Å²) in [6, 6.07) is 1.93. The first-order valence-corrected chi connectivity index (χ1v) is 7.53. The smallest absolute Gasteiger partial charge is 0.257 e. The van der Waals surface area contributed by atoms with Crippen molar-refractivity contribution < 1.29 is 9.90 Å². The molecule has 0 radical (unpaired) electrons. The second kappa shape index (κ2) is 6.73. The van der Waals surface area contributed by atoms with E-state index in [0.717, 1.165) is 25.8 Å². The van der Waals surface area contributed by atoms with Gasteiger partial charge in [0.25, 0.3) is 5.91 Å². The van der Waals surface area contributed by atoms with Crippen LogP contribution in [0.1, 0.15) is 56.3 Å². The van der Waals surface area contributed by atoms with Crippen LogP contribution in [0.2, 0.25) is 0 Å². The zero-order chi connectivity index (χ0) is 14.5. The van der Waals surface area contributed by atoms with Crippen LogP contribution in [-0.4, -0.2) is 33.5 Å². The van der Waals surface area contributed by atoms with E-state index < -0.39 is 0 Å². The molecule has 110 valence electrons. The third-order valence-electron chi connectivity index (χ3n) is 4.00. The van der Waals surface area contributed by atoms with Crippen LogP contribution in [0, 0.1) is 5.92 Å². The van der Waals surface area contributed by atoms with Gasteiger partial charge in [0.15, 0.2) is 0 Å². The van der Waals surface area contributed by atoms with Crippen molar-refractivity contribution in [1.29, 1.82) is 0 Å². The van der Waals surface area contributed by atoms with Gasteiger partial charge in [-0.3, -0.25) is 9.78 Å². The number of hydrogen-bond donors (Lipinski definition) is 1.